The molecule has 3 N–H and O–H groups in total. The van der Waals surface area contributed by atoms with Crippen molar-refractivity contribution in [3.05, 3.63) is 92.4 Å². The molecule has 0 aliphatic rings. The Bertz CT molecular complexity index is 1290. The van der Waals surface area contributed by atoms with Crippen molar-refractivity contribution < 1.29 is 4.74 Å². The van der Waals surface area contributed by atoms with E-state index in [0.717, 1.165) is 11.1 Å². The van der Waals surface area contributed by atoms with Crippen LogP contribution in [0, 0.1) is 0 Å². The summed E-state index contributed by atoms with van der Waals surface area (Å²) in [5.74, 6) is 0.642. The van der Waals surface area contributed by atoms with Gasteiger partial charge in [0.25, 0.3) is 5.56 Å². The molecule has 2 heterocycles. The summed E-state index contributed by atoms with van der Waals surface area (Å²) in [5.41, 5.74) is 8.51. The third kappa shape index (κ3) is 4.44. The molecule has 0 saturated carbocycles. The Morgan fingerprint density at radius 1 is 0.968 bits per heavy atom. The van der Waals surface area contributed by atoms with Crippen LogP contribution >= 0.6 is 0 Å². The number of imidazole rings is 1. The van der Waals surface area contributed by atoms with Gasteiger partial charge >= 0.3 is 5.69 Å². The number of ether oxygens (including phenoxy) is 1. The van der Waals surface area contributed by atoms with E-state index in [1.165, 1.54) is 11.7 Å². The second-order valence-electron chi connectivity index (χ2n) is 7.42. The summed E-state index contributed by atoms with van der Waals surface area (Å²) in [5, 5.41) is 0. The van der Waals surface area contributed by atoms with E-state index in [1.807, 2.05) is 54.6 Å². The molecule has 0 saturated heterocycles. The molecule has 0 spiro atoms. The molecule has 8 heteroatoms. The highest BCUT2D eigenvalue weighted by atomic mass is 16.5. The molecule has 8 nitrogen and oxygen atoms in total. The van der Waals surface area contributed by atoms with Crippen molar-refractivity contribution >= 4 is 16.9 Å². The quantitative estimate of drug-likeness (QED) is 0.425. The number of H-pyrrole nitrogens is 1. The van der Waals surface area contributed by atoms with Crippen LogP contribution in [0.4, 0.5) is 5.69 Å². The first-order valence-corrected chi connectivity index (χ1v) is 10.2. The normalized spacial score (nSPS) is 11.3. The first-order valence-electron chi connectivity index (χ1n) is 10.2. The van der Waals surface area contributed by atoms with Crippen molar-refractivity contribution in [2.45, 2.75) is 25.9 Å². The SMILES string of the molecule is COCCn1c(=O)c2[nH]c(Cc3ccccc3)nc2n(CCc2ccc(N)cc2)c1=O. The number of rotatable bonds is 8. The fourth-order valence-electron chi connectivity index (χ4n) is 3.59. The average molecular weight is 419 g/mol. The van der Waals surface area contributed by atoms with Crippen molar-refractivity contribution in [1.29, 1.82) is 0 Å². The second-order valence-corrected chi connectivity index (χ2v) is 7.42. The van der Waals surface area contributed by atoms with Crippen molar-refractivity contribution in [2.24, 2.45) is 0 Å². The number of methoxy groups -OCH3 is 1. The largest absolute Gasteiger partial charge is 0.399 e. The number of hydrogen-bond donors (Lipinski definition) is 2. The van der Waals surface area contributed by atoms with E-state index in [1.54, 1.807) is 4.57 Å². The molecular formula is C23H25N5O3. The topological polar surface area (TPSA) is 108 Å². The Balaban J connectivity index is 1.76. The lowest BCUT2D eigenvalue weighted by Crippen LogP contribution is -2.41. The molecule has 31 heavy (non-hydrogen) atoms. The highest BCUT2D eigenvalue weighted by molar-refractivity contribution is 5.70. The van der Waals surface area contributed by atoms with Gasteiger partial charge in [0, 0.05) is 25.8 Å². The Morgan fingerprint density at radius 2 is 1.71 bits per heavy atom. The first-order chi connectivity index (χ1) is 15.1. The van der Waals surface area contributed by atoms with E-state index < -0.39 is 0 Å². The fourth-order valence-corrected chi connectivity index (χ4v) is 3.59. The number of aromatic amines is 1. The second kappa shape index (κ2) is 9.01. The van der Waals surface area contributed by atoms with E-state index >= 15 is 0 Å². The molecule has 4 rings (SSSR count). The number of aromatic nitrogens is 4. The number of nitrogens with one attached hydrogen (secondary N) is 1. The minimum Gasteiger partial charge on any atom is -0.399 e. The molecule has 0 aliphatic heterocycles. The maximum Gasteiger partial charge on any atom is 0.332 e. The smallest absolute Gasteiger partial charge is 0.332 e. The van der Waals surface area contributed by atoms with E-state index in [2.05, 4.69) is 9.97 Å². The zero-order chi connectivity index (χ0) is 21.8. The molecule has 0 fully saturated rings. The van der Waals surface area contributed by atoms with Crippen LogP contribution in [0.5, 0.6) is 0 Å². The molecule has 0 atom stereocenters. The lowest BCUT2D eigenvalue weighted by atomic mass is 10.1. The van der Waals surface area contributed by atoms with Gasteiger partial charge in [0.2, 0.25) is 0 Å². The van der Waals surface area contributed by atoms with Crippen LogP contribution in [0.2, 0.25) is 0 Å². The molecule has 160 valence electrons. The minimum absolute atomic E-state index is 0.180. The van der Waals surface area contributed by atoms with Gasteiger partial charge in [0.05, 0.1) is 13.2 Å². The predicted octanol–water partition coefficient (Wildman–Crippen LogP) is 1.95. The highest BCUT2D eigenvalue weighted by Gasteiger charge is 2.17. The minimum atomic E-state index is -0.386. The molecule has 0 bridgehead atoms. The summed E-state index contributed by atoms with van der Waals surface area (Å²) >= 11 is 0. The third-order valence-electron chi connectivity index (χ3n) is 5.25. The van der Waals surface area contributed by atoms with Crippen molar-refractivity contribution in [3.8, 4) is 0 Å². The number of nitrogens with two attached hydrogens (primary N) is 1. The van der Waals surface area contributed by atoms with Gasteiger partial charge < -0.3 is 15.5 Å². The van der Waals surface area contributed by atoms with Gasteiger partial charge in [-0.3, -0.25) is 13.9 Å². The zero-order valence-electron chi connectivity index (χ0n) is 17.4. The predicted molar refractivity (Wildman–Crippen MR) is 120 cm³/mol. The summed E-state index contributed by atoms with van der Waals surface area (Å²) < 4.78 is 7.86. The van der Waals surface area contributed by atoms with Gasteiger partial charge in [-0.15, -0.1) is 0 Å². The maximum atomic E-state index is 13.1. The molecule has 0 aliphatic carbocycles. The molecule has 2 aromatic carbocycles. The maximum absolute atomic E-state index is 13.1. The molecular weight excluding hydrogens is 394 g/mol. The lowest BCUT2D eigenvalue weighted by molar-refractivity contribution is 0.184. The number of hydrogen-bond acceptors (Lipinski definition) is 5. The zero-order valence-corrected chi connectivity index (χ0v) is 17.4. The van der Waals surface area contributed by atoms with Crippen LogP contribution in [-0.2, 0) is 30.7 Å². The van der Waals surface area contributed by atoms with E-state index in [4.69, 9.17) is 10.5 Å². The van der Waals surface area contributed by atoms with Crippen LogP contribution in [0.3, 0.4) is 0 Å². The molecule has 0 unspecified atom stereocenters. The molecule has 0 radical (unpaired) electrons. The molecule has 0 amide bonds. The van der Waals surface area contributed by atoms with Gasteiger partial charge in [-0.1, -0.05) is 42.5 Å². The highest BCUT2D eigenvalue weighted by Crippen LogP contribution is 2.12. The van der Waals surface area contributed by atoms with Crippen molar-refractivity contribution in [2.75, 3.05) is 19.5 Å². The van der Waals surface area contributed by atoms with Crippen molar-refractivity contribution in [1.82, 2.24) is 19.1 Å². The Kier molecular flexibility index (Phi) is 5.99. The summed E-state index contributed by atoms with van der Waals surface area (Å²) in [6.07, 6.45) is 1.15. The van der Waals surface area contributed by atoms with Gasteiger partial charge in [-0.2, -0.15) is 0 Å². The van der Waals surface area contributed by atoms with E-state index in [-0.39, 0.29) is 24.4 Å². The number of nitrogens with zero attached hydrogens (tertiary/aromatic N) is 3. The third-order valence-corrected chi connectivity index (χ3v) is 5.25. The van der Waals surface area contributed by atoms with Gasteiger partial charge in [-0.25, -0.2) is 9.78 Å². The van der Waals surface area contributed by atoms with E-state index in [0.29, 0.717) is 42.1 Å². The molecule has 4 aromatic rings. The summed E-state index contributed by atoms with van der Waals surface area (Å²) in [4.78, 5) is 33.9. The monoisotopic (exact) mass is 419 g/mol. The van der Waals surface area contributed by atoms with Crippen LogP contribution in [0.1, 0.15) is 17.0 Å². The summed E-state index contributed by atoms with van der Waals surface area (Å²) in [6, 6.07) is 17.4. The average Bonchev–Trinajstić information content (AvgIpc) is 3.19. The van der Waals surface area contributed by atoms with Gasteiger partial charge in [0.1, 0.15) is 11.3 Å². The lowest BCUT2D eigenvalue weighted by Gasteiger charge is -2.11. The van der Waals surface area contributed by atoms with Crippen LogP contribution < -0.4 is 17.0 Å². The number of benzene rings is 2. The van der Waals surface area contributed by atoms with Crippen LogP contribution in [-0.4, -0.2) is 32.8 Å². The Labute approximate surface area is 178 Å². The number of aryl methyl sites for hydroxylation is 2. The fraction of sp³-hybridized carbons (Fsp3) is 0.261. The Morgan fingerprint density at radius 3 is 2.42 bits per heavy atom. The molecule has 2 aromatic heterocycles. The van der Waals surface area contributed by atoms with Crippen LogP contribution in [0.15, 0.2) is 64.2 Å². The van der Waals surface area contributed by atoms with Gasteiger partial charge in [0.15, 0.2) is 5.65 Å². The number of nitrogen functional groups attached to an aromatic ring is 1. The Hall–Kier alpha value is -3.65. The number of fused-ring (bicyclic) bond motifs is 1. The van der Waals surface area contributed by atoms with Gasteiger partial charge in [-0.05, 0) is 29.7 Å². The first kappa shape index (κ1) is 20.6. The van der Waals surface area contributed by atoms with E-state index in [9.17, 15) is 9.59 Å². The van der Waals surface area contributed by atoms with Crippen molar-refractivity contribution in [3.63, 3.8) is 0 Å². The summed E-state index contributed by atoms with van der Waals surface area (Å²) in [7, 11) is 1.54. The number of anilines is 1. The van der Waals surface area contributed by atoms with Crippen LogP contribution in [0.25, 0.3) is 11.2 Å². The standard InChI is InChI=1S/C23H25N5O3/c1-31-14-13-28-22(29)20-21(26-19(25-20)15-17-5-3-2-4-6-17)27(23(28)30)12-11-16-7-9-18(24)10-8-16/h2-10H,11-15,24H2,1H3,(H,25,26). The summed E-state index contributed by atoms with van der Waals surface area (Å²) in [6.45, 7) is 0.838.